The Labute approximate surface area is 112 Å². The molecule has 106 valence electrons. The van der Waals surface area contributed by atoms with E-state index in [0.717, 1.165) is 24.2 Å². The Bertz CT molecular complexity index is 570. The van der Waals surface area contributed by atoms with Gasteiger partial charge in [-0.05, 0) is 19.8 Å². The summed E-state index contributed by atoms with van der Waals surface area (Å²) >= 11 is 0. The van der Waals surface area contributed by atoms with Crippen molar-refractivity contribution in [2.75, 3.05) is 23.0 Å². The highest BCUT2D eigenvalue weighted by Crippen LogP contribution is 2.39. The highest BCUT2D eigenvalue weighted by molar-refractivity contribution is 7.89. The predicted molar refractivity (Wildman–Crippen MR) is 73.0 cm³/mol. The number of sulfonamides is 1. The van der Waals surface area contributed by atoms with E-state index in [1.807, 2.05) is 6.92 Å². The van der Waals surface area contributed by atoms with Crippen molar-refractivity contribution in [3.8, 4) is 0 Å². The fourth-order valence-electron chi connectivity index (χ4n) is 1.68. The van der Waals surface area contributed by atoms with Crippen molar-refractivity contribution in [1.82, 2.24) is 9.97 Å². The smallest absolute Gasteiger partial charge is 0.210 e. The van der Waals surface area contributed by atoms with Gasteiger partial charge < -0.3 is 10.7 Å². The fraction of sp³-hybridized carbons (Fsp3) is 0.600. The Morgan fingerprint density at radius 2 is 1.95 bits per heavy atom. The van der Waals surface area contributed by atoms with Gasteiger partial charge in [0.05, 0.1) is 5.75 Å². The molecule has 1 aliphatic rings. The molecule has 0 atom stereocenters. The van der Waals surface area contributed by atoms with Crippen LogP contribution in [0.2, 0.25) is 0 Å². The van der Waals surface area contributed by atoms with E-state index < -0.39 is 10.0 Å². The summed E-state index contributed by atoms with van der Waals surface area (Å²) in [7, 11) is -3.48. The van der Waals surface area contributed by atoms with Gasteiger partial charge in [0, 0.05) is 18.0 Å². The molecule has 2 rings (SSSR count). The number of rotatable bonds is 6. The standard InChI is InChI=1S/C10H18N6O2S/c1-6-8(13-4-5-19(12,17)18)14-10(7-2-3-7)15-9(6)16-11/h7H,2-5,11H2,1H3,(H2,12,17,18)(H2,13,14,15,16). The summed E-state index contributed by atoms with van der Waals surface area (Å²) < 4.78 is 21.8. The first-order chi connectivity index (χ1) is 8.90. The maximum atomic E-state index is 10.9. The summed E-state index contributed by atoms with van der Waals surface area (Å²) in [5.41, 5.74) is 3.28. The summed E-state index contributed by atoms with van der Waals surface area (Å²) in [6, 6.07) is 0. The van der Waals surface area contributed by atoms with E-state index in [4.69, 9.17) is 11.0 Å². The topological polar surface area (TPSA) is 136 Å². The second-order valence-electron chi connectivity index (χ2n) is 4.62. The molecule has 0 aliphatic heterocycles. The van der Waals surface area contributed by atoms with Crippen molar-refractivity contribution in [2.24, 2.45) is 11.0 Å². The summed E-state index contributed by atoms with van der Waals surface area (Å²) in [4.78, 5) is 8.75. The van der Waals surface area contributed by atoms with Gasteiger partial charge in [-0.3, -0.25) is 0 Å². The fourth-order valence-corrected chi connectivity index (χ4v) is 2.07. The molecule has 19 heavy (non-hydrogen) atoms. The molecule has 8 nitrogen and oxygen atoms in total. The molecule has 1 aliphatic carbocycles. The first-order valence-electron chi connectivity index (χ1n) is 6.00. The molecular formula is C10H18N6O2S. The summed E-state index contributed by atoms with van der Waals surface area (Å²) in [5.74, 6) is 7.53. The number of nitrogens with one attached hydrogen (secondary N) is 2. The minimum absolute atomic E-state index is 0.152. The van der Waals surface area contributed by atoms with Gasteiger partial charge >= 0.3 is 0 Å². The van der Waals surface area contributed by atoms with E-state index >= 15 is 0 Å². The average Bonchev–Trinajstić information content (AvgIpc) is 3.13. The zero-order chi connectivity index (χ0) is 14.0. The van der Waals surface area contributed by atoms with Crippen LogP contribution in [0, 0.1) is 6.92 Å². The molecule has 1 saturated carbocycles. The molecule has 0 radical (unpaired) electrons. The summed E-state index contributed by atoms with van der Waals surface area (Å²) in [6.07, 6.45) is 2.15. The predicted octanol–water partition coefficient (Wildman–Crippen LogP) is -0.352. The van der Waals surface area contributed by atoms with Crippen LogP contribution < -0.4 is 21.7 Å². The number of hydrazine groups is 1. The van der Waals surface area contributed by atoms with Crippen LogP contribution in [0.1, 0.15) is 30.1 Å². The van der Waals surface area contributed by atoms with Gasteiger partial charge in [0.25, 0.3) is 0 Å². The largest absolute Gasteiger partial charge is 0.369 e. The Morgan fingerprint density at radius 1 is 1.32 bits per heavy atom. The molecule has 0 spiro atoms. The molecule has 1 aromatic heterocycles. The van der Waals surface area contributed by atoms with Gasteiger partial charge in [0.15, 0.2) is 0 Å². The Hall–Kier alpha value is -1.45. The molecule has 0 saturated heterocycles. The third-order valence-electron chi connectivity index (χ3n) is 2.92. The number of hydrogen-bond acceptors (Lipinski definition) is 7. The van der Waals surface area contributed by atoms with Gasteiger partial charge in [0.1, 0.15) is 17.5 Å². The van der Waals surface area contributed by atoms with Gasteiger partial charge in [-0.1, -0.05) is 0 Å². The zero-order valence-corrected chi connectivity index (χ0v) is 11.5. The number of nitrogen functional groups attached to an aromatic ring is 1. The van der Waals surface area contributed by atoms with Crippen LogP contribution >= 0.6 is 0 Å². The monoisotopic (exact) mass is 286 g/mol. The highest BCUT2D eigenvalue weighted by Gasteiger charge is 2.28. The minimum Gasteiger partial charge on any atom is -0.369 e. The maximum Gasteiger partial charge on any atom is 0.210 e. The van der Waals surface area contributed by atoms with Crippen LogP contribution in [0.3, 0.4) is 0 Å². The lowest BCUT2D eigenvalue weighted by molar-refractivity contribution is 0.598. The number of primary sulfonamides is 1. The Kier molecular flexibility index (Phi) is 3.88. The Morgan fingerprint density at radius 3 is 2.47 bits per heavy atom. The van der Waals surface area contributed by atoms with Crippen LogP contribution in [-0.4, -0.2) is 30.7 Å². The molecular weight excluding hydrogens is 268 g/mol. The number of hydrogen-bond donors (Lipinski definition) is 4. The van der Waals surface area contributed by atoms with Gasteiger partial charge in [-0.2, -0.15) is 0 Å². The SMILES string of the molecule is Cc1c(NN)nc(C2CC2)nc1NCCS(N)(=O)=O. The van der Waals surface area contributed by atoms with E-state index in [0.29, 0.717) is 17.6 Å². The van der Waals surface area contributed by atoms with E-state index in [-0.39, 0.29) is 12.3 Å². The molecule has 0 amide bonds. The maximum absolute atomic E-state index is 10.9. The minimum atomic E-state index is -3.48. The van der Waals surface area contributed by atoms with Crippen molar-refractivity contribution in [3.63, 3.8) is 0 Å². The molecule has 6 N–H and O–H groups in total. The first-order valence-corrected chi connectivity index (χ1v) is 7.71. The van der Waals surface area contributed by atoms with Crippen molar-refractivity contribution >= 4 is 21.7 Å². The Balaban J connectivity index is 2.15. The van der Waals surface area contributed by atoms with E-state index in [9.17, 15) is 8.42 Å². The van der Waals surface area contributed by atoms with Gasteiger partial charge in [-0.25, -0.2) is 29.4 Å². The van der Waals surface area contributed by atoms with E-state index in [2.05, 4.69) is 20.7 Å². The average molecular weight is 286 g/mol. The lowest BCUT2D eigenvalue weighted by atomic mass is 10.3. The molecule has 1 fully saturated rings. The van der Waals surface area contributed by atoms with Crippen LogP contribution in [0.25, 0.3) is 0 Å². The van der Waals surface area contributed by atoms with E-state index in [1.54, 1.807) is 0 Å². The molecule has 0 bridgehead atoms. The summed E-state index contributed by atoms with van der Waals surface area (Å²) in [6.45, 7) is 2.01. The normalized spacial score (nSPS) is 15.3. The molecule has 1 heterocycles. The number of nitrogens with two attached hydrogens (primary N) is 2. The number of nitrogens with zero attached hydrogens (tertiary/aromatic N) is 2. The second kappa shape index (κ2) is 5.27. The quantitative estimate of drug-likeness (QED) is 0.414. The third kappa shape index (κ3) is 3.75. The van der Waals surface area contributed by atoms with Crippen LogP contribution in [-0.2, 0) is 10.0 Å². The van der Waals surface area contributed by atoms with Crippen molar-refractivity contribution < 1.29 is 8.42 Å². The van der Waals surface area contributed by atoms with Gasteiger partial charge in [-0.15, -0.1) is 0 Å². The van der Waals surface area contributed by atoms with Crippen molar-refractivity contribution in [2.45, 2.75) is 25.7 Å². The molecule has 0 unspecified atom stereocenters. The molecule has 0 aromatic carbocycles. The zero-order valence-electron chi connectivity index (χ0n) is 10.7. The lowest BCUT2D eigenvalue weighted by Crippen LogP contribution is -2.23. The summed E-state index contributed by atoms with van der Waals surface area (Å²) in [5, 5.41) is 7.91. The van der Waals surface area contributed by atoms with E-state index in [1.165, 1.54) is 0 Å². The lowest BCUT2D eigenvalue weighted by Gasteiger charge is -2.13. The van der Waals surface area contributed by atoms with Gasteiger partial charge in [0.2, 0.25) is 10.0 Å². The van der Waals surface area contributed by atoms with Crippen molar-refractivity contribution in [1.29, 1.82) is 0 Å². The van der Waals surface area contributed by atoms with Crippen molar-refractivity contribution in [3.05, 3.63) is 11.4 Å². The molecule has 9 heteroatoms. The number of aromatic nitrogens is 2. The van der Waals surface area contributed by atoms with Crippen LogP contribution in [0.5, 0.6) is 0 Å². The first kappa shape index (κ1) is 14.0. The highest BCUT2D eigenvalue weighted by atomic mass is 32.2. The number of anilines is 2. The molecule has 1 aromatic rings. The van der Waals surface area contributed by atoms with Crippen LogP contribution in [0.4, 0.5) is 11.6 Å². The second-order valence-corrected chi connectivity index (χ2v) is 6.35. The van der Waals surface area contributed by atoms with Crippen LogP contribution in [0.15, 0.2) is 0 Å². The third-order valence-corrected chi connectivity index (χ3v) is 3.69.